The Balaban J connectivity index is 1.59. The molecule has 0 saturated heterocycles. The average molecular weight is 422 g/mol. The molecule has 7 heteroatoms. The van der Waals surface area contributed by atoms with Crippen LogP contribution in [-0.2, 0) is 19.3 Å². The molecule has 0 aliphatic heterocycles. The Morgan fingerprint density at radius 3 is 2.69 bits per heavy atom. The van der Waals surface area contributed by atoms with Crippen LogP contribution in [0.2, 0.25) is 0 Å². The predicted molar refractivity (Wildman–Crippen MR) is 123 cm³/mol. The molecular weight excluding hydrogens is 400 g/mol. The minimum Gasteiger partial charge on any atom is -0.292 e. The van der Waals surface area contributed by atoms with Gasteiger partial charge in [0, 0.05) is 33.9 Å². The normalized spacial score (nSPS) is 13.5. The summed E-state index contributed by atoms with van der Waals surface area (Å²) in [5, 5.41) is 16.7. The van der Waals surface area contributed by atoms with E-state index in [0.717, 1.165) is 70.1 Å². The molecule has 158 valence electrons. The number of hydrogen-bond acceptors (Lipinski definition) is 5. The molecule has 32 heavy (non-hydrogen) atoms. The molecule has 0 bridgehead atoms. The number of pyridine rings is 2. The van der Waals surface area contributed by atoms with Gasteiger partial charge in [-0.05, 0) is 68.0 Å². The summed E-state index contributed by atoms with van der Waals surface area (Å²) in [6.07, 6.45) is 7.99. The van der Waals surface area contributed by atoms with Crippen LogP contribution in [0.25, 0.3) is 33.1 Å². The van der Waals surface area contributed by atoms with Crippen LogP contribution in [-0.4, -0.2) is 36.1 Å². The summed E-state index contributed by atoms with van der Waals surface area (Å²) < 4.78 is 0. The van der Waals surface area contributed by atoms with Crippen molar-refractivity contribution in [1.82, 2.24) is 30.4 Å². The van der Waals surface area contributed by atoms with Crippen molar-refractivity contribution < 1.29 is 4.79 Å². The lowest BCUT2D eigenvalue weighted by molar-refractivity contribution is 0.0988. The number of carbonyl (C=O) groups is 1. The second-order valence-electron chi connectivity index (χ2n) is 8.41. The molecule has 0 unspecified atom stereocenters. The van der Waals surface area contributed by atoms with Crippen molar-refractivity contribution in [3.05, 3.63) is 70.9 Å². The van der Waals surface area contributed by atoms with E-state index in [1.54, 1.807) is 6.20 Å². The highest BCUT2D eigenvalue weighted by Gasteiger charge is 2.25. The fourth-order valence-corrected chi connectivity index (χ4v) is 4.90. The Hall–Kier alpha value is -3.87. The van der Waals surface area contributed by atoms with E-state index in [1.807, 2.05) is 43.5 Å². The number of hydrogen-bond donors (Lipinski definition) is 2. The average Bonchev–Trinajstić information content (AvgIpc) is 3.45. The van der Waals surface area contributed by atoms with E-state index < -0.39 is 0 Å². The van der Waals surface area contributed by atoms with Gasteiger partial charge in [-0.2, -0.15) is 10.2 Å². The van der Waals surface area contributed by atoms with Crippen LogP contribution in [0.4, 0.5) is 0 Å². The maximum atomic E-state index is 13.2. The lowest BCUT2D eigenvalue weighted by atomic mass is 9.85. The largest absolute Gasteiger partial charge is 0.292 e. The number of rotatable bonds is 4. The van der Waals surface area contributed by atoms with Crippen LogP contribution in [0.3, 0.4) is 0 Å². The van der Waals surface area contributed by atoms with Gasteiger partial charge in [0.15, 0.2) is 5.78 Å². The van der Waals surface area contributed by atoms with Gasteiger partial charge < -0.3 is 0 Å². The number of H-pyrrole nitrogens is 2. The second-order valence-corrected chi connectivity index (χ2v) is 8.41. The van der Waals surface area contributed by atoms with Gasteiger partial charge in [0.05, 0.1) is 29.3 Å². The highest BCUT2D eigenvalue weighted by Crippen LogP contribution is 2.39. The minimum atomic E-state index is -0.0400. The van der Waals surface area contributed by atoms with Crippen LogP contribution in [0.5, 0.6) is 0 Å². The van der Waals surface area contributed by atoms with E-state index in [2.05, 4.69) is 25.4 Å². The molecule has 0 amide bonds. The highest BCUT2D eigenvalue weighted by molar-refractivity contribution is 6.17. The number of aromatic nitrogens is 6. The number of carbonyl (C=O) groups excluding carboxylic acids is 1. The number of aryl methyl sites for hydroxylation is 2. The summed E-state index contributed by atoms with van der Waals surface area (Å²) in [4.78, 5) is 22.6. The topological polar surface area (TPSA) is 100 Å². The molecule has 4 aromatic heterocycles. The van der Waals surface area contributed by atoms with Gasteiger partial charge in [0.1, 0.15) is 5.69 Å². The number of fused-ring (bicyclic) bond motifs is 5. The third-order valence-electron chi connectivity index (χ3n) is 6.41. The van der Waals surface area contributed by atoms with E-state index in [4.69, 9.17) is 4.98 Å². The van der Waals surface area contributed by atoms with Gasteiger partial charge in [0.2, 0.25) is 0 Å². The van der Waals surface area contributed by atoms with Crippen LogP contribution in [0.1, 0.15) is 45.8 Å². The molecule has 0 atom stereocenters. The molecular formula is C25H22N6O. The van der Waals surface area contributed by atoms with Crippen LogP contribution in [0, 0.1) is 6.92 Å². The van der Waals surface area contributed by atoms with Gasteiger partial charge >= 0.3 is 0 Å². The summed E-state index contributed by atoms with van der Waals surface area (Å²) in [5.74, 6) is -0.0400. The Morgan fingerprint density at radius 2 is 1.91 bits per heavy atom. The summed E-state index contributed by atoms with van der Waals surface area (Å²) in [6, 6.07) is 9.61. The molecule has 1 aromatic carbocycles. The Morgan fingerprint density at radius 1 is 1.03 bits per heavy atom. The molecule has 6 rings (SSSR count). The van der Waals surface area contributed by atoms with Crippen molar-refractivity contribution >= 4 is 27.6 Å². The molecule has 5 aromatic rings. The predicted octanol–water partition coefficient (Wildman–Crippen LogP) is 4.51. The van der Waals surface area contributed by atoms with Crippen molar-refractivity contribution in [2.75, 3.05) is 0 Å². The number of aromatic amines is 2. The lowest BCUT2D eigenvalue weighted by Crippen LogP contribution is -2.09. The van der Waals surface area contributed by atoms with E-state index in [1.165, 1.54) is 11.1 Å². The van der Waals surface area contributed by atoms with Crippen LogP contribution >= 0.6 is 0 Å². The fraction of sp³-hybridized carbons (Fsp3) is 0.240. The molecule has 0 saturated carbocycles. The summed E-state index contributed by atoms with van der Waals surface area (Å²) >= 11 is 0. The van der Waals surface area contributed by atoms with Crippen molar-refractivity contribution in [3.8, 4) is 11.3 Å². The van der Waals surface area contributed by atoms with Crippen molar-refractivity contribution in [2.45, 2.75) is 39.0 Å². The van der Waals surface area contributed by atoms with E-state index >= 15 is 0 Å². The van der Waals surface area contributed by atoms with Crippen molar-refractivity contribution in [3.63, 3.8) is 0 Å². The van der Waals surface area contributed by atoms with Gasteiger partial charge in [-0.1, -0.05) is 6.07 Å². The maximum absolute atomic E-state index is 13.2. The second kappa shape index (κ2) is 7.37. The molecule has 0 fully saturated rings. The Kier molecular flexibility index (Phi) is 4.35. The maximum Gasteiger partial charge on any atom is 0.189 e. The fourth-order valence-electron chi connectivity index (χ4n) is 4.90. The molecule has 2 N–H and O–H groups in total. The molecule has 1 aliphatic carbocycles. The molecule has 4 heterocycles. The summed E-state index contributed by atoms with van der Waals surface area (Å²) in [7, 11) is 0. The van der Waals surface area contributed by atoms with Gasteiger partial charge in [-0.25, -0.2) is 4.98 Å². The number of nitrogens with one attached hydrogen (secondary N) is 2. The van der Waals surface area contributed by atoms with Crippen LogP contribution in [0.15, 0.2) is 42.7 Å². The number of benzene rings is 1. The van der Waals surface area contributed by atoms with Crippen molar-refractivity contribution in [2.24, 2.45) is 0 Å². The molecule has 0 radical (unpaired) electrons. The van der Waals surface area contributed by atoms with Gasteiger partial charge in [0.25, 0.3) is 0 Å². The standard InChI is InChI=1S/C25H22N6O/c1-14-18(13-27-29-14)24-17-8-3-2-7-16(17)22-19(28-24)9-10-20-23(22)25(31-30-20)21(32)12-15-6-4-5-11-26-15/h4-6,9-11,13H,2-3,7-8,12H2,1H3,(H,27,29)(H,30,31). The highest BCUT2D eigenvalue weighted by atomic mass is 16.1. The molecule has 1 aliphatic rings. The van der Waals surface area contributed by atoms with Gasteiger partial charge in [-0.3, -0.25) is 20.0 Å². The molecule has 7 nitrogen and oxygen atoms in total. The first kappa shape index (κ1) is 18.9. The lowest BCUT2D eigenvalue weighted by Gasteiger charge is -2.21. The first-order chi connectivity index (χ1) is 15.7. The zero-order valence-electron chi connectivity index (χ0n) is 17.8. The van der Waals surface area contributed by atoms with Gasteiger partial charge in [-0.15, -0.1) is 0 Å². The number of Topliss-reactive ketones (excluding diaryl/α,β-unsaturated/α-hetero) is 1. The third kappa shape index (κ3) is 2.92. The molecule has 0 spiro atoms. The number of nitrogens with zero attached hydrogens (tertiary/aromatic N) is 4. The first-order valence-corrected chi connectivity index (χ1v) is 11.0. The zero-order valence-corrected chi connectivity index (χ0v) is 17.8. The number of ketones is 1. The van der Waals surface area contributed by atoms with E-state index in [9.17, 15) is 4.79 Å². The summed E-state index contributed by atoms with van der Waals surface area (Å²) in [6.45, 7) is 2.02. The SMILES string of the molecule is Cc1[nH]ncc1-c1nc2ccc3[nH]nc(C(=O)Cc4ccccn4)c3c2c2c1CCCC2. The Bertz CT molecular complexity index is 1480. The minimum absolute atomic E-state index is 0.0400. The summed E-state index contributed by atoms with van der Waals surface area (Å²) in [5.41, 5.74) is 8.59. The smallest absolute Gasteiger partial charge is 0.189 e. The monoisotopic (exact) mass is 422 g/mol. The van der Waals surface area contributed by atoms with Crippen molar-refractivity contribution in [1.29, 1.82) is 0 Å². The first-order valence-electron chi connectivity index (χ1n) is 11.0. The van der Waals surface area contributed by atoms with E-state index in [-0.39, 0.29) is 12.2 Å². The quantitative estimate of drug-likeness (QED) is 0.415. The zero-order chi connectivity index (χ0) is 21.7. The third-order valence-corrected chi connectivity index (χ3v) is 6.41. The Labute approximate surface area is 184 Å². The van der Waals surface area contributed by atoms with Crippen LogP contribution < -0.4 is 0 Å². The van der Waals surface area contributed by atoms with E-state index in [0.29, 0.717) is 5.69 Å².